The van der Waals surface area contributed by atoms with Gasteiger partial charge >= 0.3 is 5.97 Å². The summed E-state index contributed by atoms with van der Waals surface area (Å²) in [5.74, 6) is -1.62. The smallest absolute Gasteiger partial charge is 0.321 e. The lowest BCUT2D eigenvalue weighted by molar-refractivity contribution is -0.141. The number of carbonyl (C=O) groups is 1. The van der Waals surface area contributed by atoms with Gasteiger partial charge in [-0.25, -0.2) is 0 Å². The van der Waals surface area contributed by atoms with Gasteiger partial charge in [-0.05, 0) is 18.8 Å². The van der Waals surface area contributed by atoms with Crippen molar-refractivity contribution in [3.05, 3.63) is 0 Å². The van der Waals surface area contributed by atoms with E-state index in [1.54, 1.807) is 0 Å². The van der Waals surface area contributed by atoms with Gasteiger partial charge in [-0.3, -0.25) is 4.79 Å². The Morgan fingerprint density at radius 3 is 2.45 bits per heavy atom. The van der Waals surface area contributed by atoms with Crippen molar-refractivity contribution in [1.29, 1.82) is 5.26 Å². The van der Waals surface area contributed by atoms with Crippen LogP contribution in [0.1, 0.15) is 25.7 Å². The van der Waals surface area contributed by atoms with E-state index >= 15 is 0 Å². The second kappa shape index (κ2) is 3.38. The highest BCUT2D eigenvalue weighted by Gasteiger charge is 2.29. The normalized spacial score (nSPS) is 21.0. The molecular formula is C8H11NO2. The maximum absolute atomic E-state index is 10.5. The van der Waals surface area contributed by atoms with Gasteiger partial charge in [-0.1, -0.05) is 12.8 Å². The van der Waals surface area contributed by atoms with E-state index in [0.717, 1.165) is 25.7 Å². The molecule has 1 aliphatic rings. The molecule has 0 radical (unpaired) electrons. The number of carboxylic acids is 1. The maximum atomic E-state index is 10.5. The van der Waals surface area contributed by atoms with Crippen LogP contribution in [0.15, 0.2) is 0 Å². The minimum absolute atomic E-state index is 0.109. The second-order valence-corrected chi connectivity index (χ2v) is 2.99. The van der Waals surface area contributed by atoms with Crippen molar-refractivity contribution in [2.24, 2.45) is 11.8 Å². The first-order chi connectivity index (χ1) is 5.25. The van der Waals surface area contributed by atoms with E-state index in [1.807, 2.05) is 6.07 Å². The summed E-state index contributed by atoms with van der Waals surface area (Å²) in [6.07, 6.45) is 3.97. The number of nitriles is 1. The molecule has 1 unspecified atom stereocenters. The van der Waals surface area contributed by atoms with Crippen molar-refractivity contribution >= 4 is 5.97 Å². The van der Waals surface area contributed by atoms with Crippen LogP contribution < -0.4 is 0 Å². The van der Waals surface area contributed by atoms with Crippen LogP contribution in [0.25, 0.3) is 0 Å². The van der Waals surface area contributed by atoms with Crippen molar-refractivity contribution in [3.8, 4) is 6.07 Å². The zero-order chi connectivity index (χ0) is 8.27. The summed E-state index contributed by atoms with van der Waals surface area (Å²) in [4.78, 5) is 10.5. The van der Waals surface area contributed by atoms with E-state index in [1.165, 1.54) is 0 Å². The predicted molar refractivity (Wildman–Crippen MR) is 38.7 cm³/mol. The average molecular weight is 153 g/mol. The number of carboxylic acid groups (broad SMARTS) is 1. The van der Waals surface area contributed by atoms with E-state index in [2.05, 4.69) is 0 Å². The Hall–Kier alpha value is -1.04. The van der Waals surface area contributed by atoms with Gasteiger partial charge in [0, 0.05) is 0 Å². The van der Waals surface area contributed by atoms with E-state index in [-0.39, 0.29) is 5.92 Å². The van der Waals surface area contributed by atoms with Crippen LogP contribution in [0, 0.1) is 23.2 Å². The van der Waals surface area contributed by atoms with Crippen molar-refractivity contribution in [2.75, 3.05) is 0 Å². The number of hydrogen-bond acceptors (Lipinski definition) is 2. The quantitative estimate of drug-likeness (QED) is 0.652. The SMILES string of the molecule is N#CC(C(=O)O)C1CCCC1. The van der Waals surface area contributed by atoms with Crippen molar-refractivity contribution in [3.63, 3.8) is 0 Å². The molecule has 1 N–H and O–H groups in total. The first kappa shape index (κ1) is 8.06. The molecule has 0 amide bonds. The minimum Gasteiger partial charge on any atom is -0.480 e. The van der Waals surface area contributed by atoms with Gasteiger partial charge in [-0.2, -0.15) is 5.26 Å². The van der Waals surface area contributed by atoms with Crippen molar-refractivity contribution in [1.82, 2.24) is 0 Å². The standard InChI is InChI=1S/C8H11NO2/c9-5-7(8(10)11)6-3-1-2-4-6/h6-7H,1-4H2,(H,10,11). The van der Waals surface area contributed by atoms with E-state index in [4.69, 9.17) is 10.4 Å². The highest BCUT2D eigenvalue weighted by Crippen LogP contribution is 2.30. The first-order valence-electron chi connectivity index (χ1n) is 3.88. The number of aliphatic carboxylic acids is 1. The largest absolute Gasteiger partial charge is 0.480 e. The topological polar surface area (TPSA) is 61.1 Å². The predicted octanol–water partition coefficient (Wildman–Crippen LogP) is 1.40. The Morgan fingerprint density at radius 2 is 2.09 bits per heavy atom. The molecule has 3 heteroatoms. The van der Waals surface area contributed by atoms with Crippen LogP contribution in [-0.2, 0) is 4.79 Å². The molecule has 3 nitrogen and oxygen atoms in total. The Morgan fingerprint density at radius 1 is 1.55 bits per heavy atom. The molecular weight excluding hydrogens is 142 g/mol. The van der Waals surface area contributed by atoms with Crippen LogP contribution in [0.2, 0.25) is 0 Å². The highest BCUT2D eigenvalue weighted by molar-refractivity contribution is 5.73. The molecule has 1 saturated carbocycles. The molecule has 0 bridgehead atoms. The van der Waals surface area contributed by atoms with Gasteiger partial charge in [0.25, 0.3) is 0 Å². The summed E-state index contributed by atoms with van der Waals surface area (Å²) < 4.78 is 0. The molecule has 11 heavy (non-hydrogen) atoms. The number of rotatable bonds is 2. The van der Waals surface area contributed by atoms with Crippen LogP contribution in [0.4, 0.5) is 0 Å². The Bertz CT molecular complexity index is 189. The zero-order valence-corrected chi connectivity index (χ0v) is 6.29. The van der Waals surface area contributed by atoms with Gasteiger partial charge in [-0.15, -0.1) is 0 Å². The second-order valence-electron chi connectivity index (χ2n) is 2.99. The van der Waals surface area contributed by atoms with Crippen molar-refractivity contribution < 1.29 is 9.90 Å². The summed E-state index contributed by atoms with van der Waals surface area (Å²) in [6.45, 7) is 0. The lowest BCUT2D eigenvalue weighted by Crippen LogP contribution is -2.19. The fraction of sp³-hybridized carbons (Fsp3) is 0.750. The Balaban J connectivity index is 2.55. The highest BCUT2D eigenvalue weighted by atomic mass is 16.4. The number of nitrogens with zero attached hydrogens (tertiary/aromatic N) is 1. The summed E-state index contributed by atoms with van der Waals surface area (Å²) in [5, 5.41) is 17.1. The molecule has 1 atom stereocenters. The molecule has 1 rings (SSSR count). The van der Waals surface area contributed by atoms with Crippen LogP contribution >= 0.6 is 0 Å². The summed E-state index contributed by atoms with van der Waals surface area (Å²) in [6, 6.07) is 1.84. The third-order valence-electron chi connectivity index (χ3n) is 2.28. The summed E-state index contributed by atoms with van der Waals surface area (Å²) >= 11 is 0. The molecule has 0 heterocycles. The van der Waals surface area contributed by atoms with Gasteiger partial charge < -0.3 is 5.11 Å². The van der Waals surface area contributed by atoms with E-state index < -0.39 is 11.9 Å². The fourth-order valence-electron chi connectivity index (χ4n) is 1.65. The van der Waals surface area contributed by atoms with Gasteiger partial charge in [0.05, 0.1) is 6.07 Å². The van der Waals surface area contributed by atoms with Crippen molar-refractivity contribution in [2.45, 2.75) is 25.7 Å². The average Bonchev–Trinajstić information content (AvgIpc) is 2.40. The van der Waals surface area contributed by atoms with Crippen LogP contribution in [0.3, 0.4) is 0 Å². The van der Waals surface area contributed by atoms with E-state index in [0.29, 0.717) is 0 Å². The van der Waals surface area contributed by atoms with Crippen LogP contribution in [0.5, 0.6) is 0 Å². The first-order valence-corrected chi connectivity index (χ1v) is 3.88. The maximum Gasteiger partial charge on any atom is 0.321 e. The molecule has 60 valence electrons. The molecule has 0 aromatic carbocycles. The summed E-state index contributed by atoms with van der Waals surface area (Å²) in [7, 11) is 0. The van der Waals surface area contributed by atoms with Gasteiger partial charge in [0.1, 0.15) is 5.92 Å². The van der Waals surface area contributed by atoms with Gasteiger partial charge in [0.15, 0.2) is 0 Å². The lowest BCUT2D eigenvalue weighted by atomic mass is 9.92. The number of hydrogen-bond donors (Lipinski definition) is 1. The minimum atomic E-state index is -0.959. The molecule has 0 aromatic heterocycles. The fourth-order valence-corrected chi connectivity index (χ4v) is 1.65. The third-order valence-corrected chi connectivity index (χ3v) is 2.28. The zero-order valence-electron chi connectivity index (χ0n) is 6.29. The molecule has 0 aromatic rings. The molecule has 0 spiro atoms. The molecule has 1 aliphatic carbocycles. The van der Waals surface area contributed by atoms with Gasteiger partial charge in [0.2, 0.25) is 0 Å². The van der Waals surface area contributed by atoms with Crippen LogP contribution in [-0.4, -0.2) is 11.1 Å². The van der Waals surface area contributed by atoms with E-state index in [9.17, 15) is 4.79 Å². The Kier molecular flexibility index (Phi) is 2.48. The monoisotopic (exact) mass is 153 g/mol. The Labute approximate surface area is 65.6 Å². The lowest BCUT2D eigenvalue weighted by Gasteiger charge is -2.10. The molecule has 1 fully saturated rings. The third kappa shape index (κ3) is 1.70. The molecule has 0 saturated heterocycles. The molecule has 0 aliphatic heterocycles. The summed E-state index contributed by atoms with van der Waals surface area (Å²) in [5.41, 5.74) is 0.